The number of hydrogen-bond acceptors (Lipinski definition) is 3. The fraction of sp³-hybridized carbons (Fsp3) is 0.222. The average molecular weight is 757 g/mol. The van der Waals surface area contributed by atoms with E-state index < -0.39 is 0 Å². The average Bonchev–Trinajstić information content (AvgIpc) is 3.97. The van der Waals surface area contributed by atoms with E-state index >= 15 is 0 Å². The smallest absolute Gasteiger partial charge is 0.0505 e. The van der Waals surface area contributed by atoms with Crippen molar-refractivity contribution in [3.8, 4) is 0 Å². The summed E-state index contributed by atoms with van der Waals surface area (Å²) in [5.41, 5.74) is 16.2. The second-order valence-electron chi connectivity index (χ2n) is 16.7. The summed E-state index contributed by atoms with van der Waals surface area (Å²) in [6.45, 7) is 2.25. The third kappa shape index (κ3) is 5.73. The van der Waals surface area contributed by atoms with Gasteiger partial charge >= 0.3 is 0 Å². The van der Waals surface area contributed by atoms with Crippen molar-refractivity contribution in [3.05, 3.63) is 191 Å². The number of rotatable bonds is 7. The number of hydrogen-bond donors (Lipinski definition) is 0. The highest BCUT2D eigenvalue weighted by Crippen LogP contribution is 2.60. The minimum atomic E-state index is -0.112. The predicted octanol–water partition coefficient (Wildman–Crippen LogP) is 15.5. The van der Waals surface area contributed by atoms with Gasteiger partial charge in [-0.2, -0.15) is 0 Å². The number of fused-ring (bicyclic) bond motifs is 7. The van der Waals surface area contributed by atoms with E-state index in [1.165, 1.54) is 120 Å². The molecule has 0 aliphatic heterocycles. The highest BCUT2D eigenvalue weighted by Gasteiger charge is 2.49. The monoisotopic (exact) mass is 756 g/mol. The van der Waals surface area contributed by atoms with Crippen molar-refractivity contribution in [1.82, 2.24) is 0 Å². The van der Waals surface area contributed by atoms with Gasteiger partial charge < -0.3 is 9.80 Å². The molecule has 0 N–H and O–H groups in total. The standard InChI is InChI=1S/C54H48N2S/c1-37-14-11-25-49-51(37)46-31-30-45(36-50(46)57-49)56(44-28-26-39(27-29-44)38-15-5-2-6-16-38)48-24-13-18-41-33-35-54(53(41)48)34-32-40-17-12-23-47(52(40)54)55(42-19-7-3-8-20-42)43-21-9-4-10-22-43/h3-4,7-14,17-31,36,38H,2,5-6,15-16,32-35H2,1H3/t54-/m1/s1. The Morgan fingerprint density at radius 2 is 1.07 bits per heavy atom. The van der Waals surface area contributed by atoms with Gasteiger partial charge in [0.05, 0.1) is 11.4 Å². The molecule has 0 radical (unpaired) electrons. The van der Waals surface area contributed by atoms with Gasteiger partial charge in [0.2, 0.25) is 0 Å². The first-order chi connectivity index (χ1) is 28.2. The molecule has 1 saturated carbocycles. The molecule has 0 bridgehead atoms. The Morgan fingerprint density at radius 3 is 1.70 bits per heavy atom. The molecule has 1 fully saturated rings. The van der Waals surface area contributed by atoms with Crippen LogP contribution in [0.2, 0.25) is 0 Å². The van der Waals surface area contributed by atoms with Gasteiger partial charge in [-0.15, -0.1) is 11.3 Å². The van der Waals surface area contributed by atoms with Crippen molar-refractivity contribution < 1.29 is 0 Å². The Bertz CT molecular complexity index is 2700. The summed E-state index contributed by atoms with van der Waals surface area (Å²) in [4.78, 5) is 5.12. The SMILES string of the molecule is Cc1cccc2sc3cc(N(c4ccc(C5CCCCC5)cc4)c4cccc5c4[C@]4(CCc6cccc(N(c7ccccc7)c7ccccc7)c64)CC5)ccc3c12. The molecular weight excluding hydrogens is 709 g/mol. The molecular formula is C54H48N2S. The van der Waals surface area contributed by atoms with Gasteiger partial charge in [0.1, 0.15) is 0 Å². The summed E-state index contributed by atoms with van der Waals surface area (Å²) in [6.07, 6.45) is 11.1. The van der Waals surface area contributed by atoms with Crippen LogP contribution in [0.25, 0.3) is 20.2 Å². The zero-order chi connectivity index (χ0) is 37.9. The van der Waals surface area contributed by atoms with Gasteiger partial charge in [-0.05, 0) is 151 Å². The van der Waals surface area contributed by atoms with E-state index in [1.807, 2.05) is 11.3 Å². The number of thiophene rings is 1. The zero-order valence-corrected chi connectivity index (χ0v) is 33.6. The van der Waals surface area contributed by atoms with E-state index in [-0.39, 0.29) is 5.41 Å². The van der Waals surface area contributed by atoms with E-state index in [4.69, 9.17) is 0 Å². The maximum absolute atomic E-state index is 2.61. The molecule has 8 aromatic rings. The molecule has 3 heteroatoms. The lowest BCUT2D eigenvalue weighted by atomic mass is 9.74. The van der Waals surface area contributed by atoms with Gasteiger partial charge in [-0.3, -0.25) is 0 Å². The predicted molar refractivity (Wildman–Crippen MR) is 243 cm³/mol. The van der Waals surface area contributed by atoms with Crippen molar-refractivity contribution in [2.75, 3.05) is 9.80 Å². The first kappa shape index (κ1) is 34.6. The Morgan fingerprint density at radius 1 is 0.509 bits per heavy atom. The van der Waals surface area contributed by atoms with Crippen LogP contribution in [0.15, 0.2) is 158 Å². The number of para-hydroxylation sites is 2. The summed E-state index contributed by atoms with van der Waals surface area (Å²) in [5, 5.41) is 2.75. The van der Waals surface area contributed by atoms with Crippen LogP contribution < -0.4 is 9.80 Å². The maximum atomic E-state index is 2.61. The van der Waals surface area contributed by atoms with Crippen LogP contribution in [0.4, 0.5) is 34.1 Å². The number of benzene rings is 7. The lowest BCUT2D eigenvalue weighted by molar-refractivity contribution is 0.443. The van der Waals surface area contributed by atoms with E-state index in [9.17, 15) is 0 Å². The van der Waals surface area contributed by atoms with Crippen LogP contribution in [0.5, 0.6) is 0 Å². The lowest BCUT2D eigenvalue weighted by Gasteiger charge is -2.37. The molecule has 0 amide bonds. The first-order valence-corrected chi connectivity index (χ1v) is 21.9. The number of nitrogens with zero attached hydrogens (tertiary/aromatic N) is 2. The Balaban J connectivity index is 1.12. The highest BCUT2D eigenvalue weighted by atomic mass is 32.1. The molecule has 280 valence electrons. The van der Waals surface area contributed by atoms with Crippen LogP contribution in [0.3, 0.4) is 0 Å². The van der Waals surface area contributed by atoms with Crippen molar-refractivity contribution in [2.24, 2.45) is 0 Å². The Labute approximate surface area is 341 Å². The molecule has 11 rings (SSSR count). The molecule has 0 saturated heterocycles. The van der Waals surface area contributed by atoms with Gasteiger partial charge in [-0.25, -0.2) is 0 Å². The van der Waals surface area contributed by atoms with E-state index in [2.05, 4.69) is 174 Å². The molecule has 7 aromatic carbocycles. The molecule has 1 atom stereocenters. The maximum Gasteiger partial charge on any atom is 0.0505 e. The van der Waals surface area contributed by atoms with Crippen molar-refractivity contribution in [2.45, 2.75) is 76.0 Å². The molecule has 1 spiro atoms. The molecule has 3 aliphatic rings. The van der Waals surface area contributed by atoms with Crippen molar-refractivity contribution in [1.29, 1.82) is 0 Å². The molecule has 1 aromatic heterocycles. The van der Waals surface area contributed by atoms with Gasteiger partial charge in [-0.1, -0.05) is 110 Å². The molecule has 3 aliphatic carbocycles. The van der Waals surface area contributed by atoms with Crippen LogP contribution in [0.1, 0.15) is 84.2 Å². The fourth-order valence-electron chi connectivity index (χ4n) is 11.0. The van der Waals surface area contributed by atoms with Gasteiger partial charge in [0.25, 0.3) is 0 Å². The lowest BCUT2D eigenvalue weighted by Crippen LogP contribution is -2.27. The Hall–Kier alpha value is -5.64. The van der Waals surface area contributed by atoms with Crippen LogP contribution in [-0.2, 0) is 18.3 Å². The highest BCUT2D eigenvalue weighted by molar-refractivity contribution is 7.25. The zero-order valence-electron chi connectivity index (χ0n) is 32.8. The third-order valence-corrected chi connectivity index (χ3v) is 14.7. The summed E-state index contributed by atoms with van der Waals surface area (Å²) >= 11 is 1.92. The topological polar surface area (TPSA) is 6.48 Å². The van der Waals surface area contributed by atoms with Crippen LogP contribution in [0, 0.1) is 6.92 Å². The summed E-state index contributed by atoms with van der Waals surface area (Å²) in [6, 6.07) is 59.9. The number of aryl methyl sites for hydroxylation is 3. The van der Waals surface area contributed by atoms with E-state index in [0.717, 1.165) is 25.7 Å². The second-order valence-corrected chi connectivity index (χ2v) is 17.8. The largest absolute Gasteiger partial charge is 0.310 e. The van der Waals surface area contributed by atoms with Gasteiger partial charge in [0, 0.05) is 48.3 Å². The van der Waals surface area contributed by atoms with E-state index in [0.29, 0.717) is 5.92 Å². The Kier molecular flexibility index (Phi) is 8.54. The molecule has 0 unspecified atom stereocenters. The second kappa shape index (κ2) is 14.1. The normalized spacial score (nSPS) is 17.6. The fourth-order valence-corrected chi connectivity index (χ4v) is 12.2. The third-order valence-electron chi connectivity index (χ3n) is 13.5. The minimum absolute atomic E-state index is 0.112. The minimum Gasteiger partial charge on any atom is -0.310 e. The van der Waals surface area contributed by atoms with Crippen LogP contribution >= 0.6 is 11.3 Å². The molecule has 1 heterocycles. The summed E-state index contributed by atoms with van der Waals surface area (Å²) in [5.74, 6) is 0.675. The molecule has 2 nitrogen and oxygen atoms in total. The van der Waals surface area contributed by atoms with Crippen molar-refractivity contribution in [3.63, 3.8) is 0 Å². The van der Waals surface area contributed by atoms with Crippen molar-refractivity contribution >= 4 is 65.6 Å². The van der Waals surface area contributed by atoms with Gasteiger partial charge in [0.15, 0.2) is 0 Å². The quantitative estimate of drug-likeness (QED) is 0.160. The van der Waals surface area contributed by atoms with Crippen LogP contribution in [-0.4, -0.2) is 0 Å². The summed E-state index contributed by atoms with van der Waals surface area (Å²) in [7, 11) is 0. The summed E-state index contributed by atoms with van der Waals surface area (Å²) < 4.78 is 2.71. The molecule has 57 heavy (non-hydrogen) atoms. The number of anilines is 6. The van der Waals surface area contributed by atoms with E-state index in [1.54, 1.807) is 0 Å². The first-order valence-electron chi connectivity index (χ1n) is 21.1.